The molecule has 1 aromatic carbocycles. The fourth-order valence-electron chi connectivity index (χ4n) is 2.62. The fraction of sp³-hybridized carbons (Fsp3) is 0.571. The van der Waals surface area contributed by atoms with Gasteiger partial charge in [0.05, 0.1) is 0 Å². The summed E-state index contributed by atoms with van der Waals surface area (Å²) < 4.78 is 14.5. The summed E-state index contributed by atoms with van der Waals surface area (Å²) in [4.78, 5) is 0. The van der Waals surface area contributed by atoms with Crippen molar-refractivity contribution in [1.29, 1.82) is 0 Å². The Morgan fingerprint density at radius 3 is 2.88 bits per heavy atom. The monoisotopic (exact) mass is 299 g/mol. The molecular formula is C14H19BrFN. The summed E-state index contributed by atoms with van der Waals surface area (Å²) in [6.07, 6.45) is 3.72. The van der Waals surface area contributed by atoms with Crippen molar-refractivity contribution < 1.29 is 4.39 Å². The van der Waals surface area contributed by atoms with Gasteiger partial charge in [0.1, 0.15) is 5.82 Å². The molecular weight excluding hydrogens is 281 g/mol. The van der Waals surface area contributed by atoms with E-state index < -0.39 is 0 Å². The number of halogens is 2. The van der Waals surface area contributed by atoms with Crippen molar-refractivity contribution >= 4 is 15.9 Å². The van der Waals surface area contributed by atoms with Crippen molar-refractivity contribution in [2.75, 3.05) is 0 Å². The summed E-state index contributed by atoms with van der Waals surface area (Å²) in [5, 5.41) is 3.50. The molecule has 0 radical (unpaired) electrons. The minimum absolute atomic E-state index is 0.128. The largest absolute Gasteiger partial charge is 0.309 e. The van der Waals surface area contributed by atoms with E-state index in [1.54, 1.807) is 6.07 Å². The van der Waals surface area contributed by atoms with Crippen LogP contribution in [-0.4, -0.2) is 6.04 Å². The van der Waals surface area contributed by atoms with Crippen molar-refractivity contribution in [3.05, 3.63) is 34.1 Å². The molecule has 0 bridgehead atoms. The topological polar surface area (TPSA) is 12.0 Å². The highest BCUT2D eigenvalue weighted by Crippen LogP contribution is 2.37. The van der Waals surface area contributed by atoms with Gasteiger partial charge in [-0.1, -0.05) is 36.2 Å². The van der Waals surface area contributed by atoms with Gasteiger partial charge in [0, 0.05) is 22.6 Å². The zero-order valence-corrected chi connectivity index (χ0v) is 12.0. The van der Waals surface area contributed by atoms with Gasteiger partial charge in [-0.2, -0.15) is 0 Å². The molecule has 0 heterocycles. The Kier molecular flexibility index (Phi) is 3.88. The van der Waals surface area contributed by atoms with Crippen LogP contribution in [0.2, 0.25) is 0 Å². The number of hydrogen-bond donors (Lipinski definition) is 1. The van der Waals surface area contributed by atoms with E-state index in [-0.39, 0.29) is 5.82 Å². The van der Waals surface area contributed by atoms with E-state index in [1.165, 1.54) is 25.3 Å². The van der Waals surface area contributed by atoms with Crippen LogP contribution in [0.3, 0.4) is 0 Å². The van der Waals surface area contributed by atoms with Crippen molar-refractivity contribution in [2.24, 2.45) is 5.41 Å². The first kappa shape index (κ1) is 13.0. The molecule has 1 aliphatic rings. The predicted molar refractivity (Wildman–Crippen MR) is 72.4 cm³/mol. The lowest BCUT2D eigenvalue weighted by atomic mass is 9.87. The average molecular weight is 300 g/mol. The zero-order valence-electron chi connectivity index (χ0n) is 10.4. The van der Waals surface area contributed by atoms with E-state index in [4.69, 9.17) is 0 Å². The van der Waals surface area contributed by atoms with Gasteiger partial charge in [-0.25, -0.2) is 4.39 Å². The van der Waals surface area contributed by atoms with Gasteiger partial charge in [0.25, 0.3) is 0 Å². The minimum Gasteiger partial charge on any atom is -0.309 e. The third kappa shape index (κ3) is 3.08. The van der Waals surface area contributed by atoms with Crippen LogP contribution in [-0.2, 0) is 6.54 Å². The minimum atomic E-state index is -0.128. The van der Waals surface area contributed by atoms with Crippen molar-refractivity contribution in [2.45, 2.75) is 45.7 Å². The van der Waals surface area contributed by atoms with Crippen molar-refractivity contribution in [3.63, 3.8) is 0 Å². The SMILES string of the molecule is CC1(C)CCCC1NCc1cc(Br)ccc1F. The number of rotatable bonds is 3. The Hall–Kier alpha value is -0.410. The first-order chi connectivity index (χ1) is 7.99. The highest BCUT2D eigenvalue weighted by Gasteiger charge is 2.33. The van der Waals surface area contributed by atoms with Crippen LogP contribution in [0.15, 0.2) is 22.7 Å². The van der Waals surface area contributed by atoms with Crippen LogP contribution < -0.4 is 5.32 Å². The molecule has 0 amide bonds. The number of hydrogen-bond acceptors (Lipinski definition) is 1. The molecule has 1 aliphatic carbocycles. The average Bonchev–Trinajstić information content (AvgIpc) is 2.59. The van der Waals surface area contributed by atoms with Crippen LogP contribution in [0.5, 0.6) is 0 Å². The van der Waals surface area contributed by atoms with Crippen LogP contribution in [0.4, 0.5) is 4.39 Å². The highest BCUT2D eigenvalue weighted by atomic mass is 79.9. The van der Waals surface area contributed by atoms with Gasteiger partial charge >= 0.3 is 0 Å². The van der Waals surface area contributed by atoms with Gasteiger partial charge in [-0.3, -0.25) is 0 Å². The standard InChI is InChI=1S/C14H19BrFN/c1-14(2)7-3-4-13(14)17-9-10-8-11(15)5-6-12(10)16/h5-6,8,13,17H,3-4,7,9H2,1-2H3. The second-order valence-electron chi connectivity index (χ2n) is 5.55. The van der Waals surface area contributed by atoms with E-state index >= 15 is 0 Å². The molecule has 0 saturated heterocycles. The molecule has 2 rings (SSSR count). The molecule has 17 heavy (non-hydrogen) atoms. The lowest BCUT2D eigenvalue weighted by Gasteiger charge is -2.28. The summed E-state index contributed by atoms with van der Waals surface area (Å²) in [6.45, 7) is 5.18. The van der Waals surface area contributed by atoms with E-state index in [9.17, 15) is 4.39 Å². The first-order valence-corrected chi connectivity index (χ1v) is 6.96. The molecule has 1 unspecified atom stereocenters. The van der Waals surface area contributed by atoms with Crippen molar-refractivity contribution in [1.82, 2.24) is 5.32 Å². The summed E-state index contributed by atoms with van der Waals surface area (Å²) in [5.41, 5.74) is 1.07. The molecule has 1 atom stereocenters. The van der Waals surface area contributed by atoms with Crippen LogP contribution >= 0.6 is 15.9 Å². The Balaban J connectivity index is 2.00. The maximum absolute atomic E-state index is 13.6. The molecule has 1 saturated carbocycles. The molecule has 1 nitrogen and oxygen atoms in total. The van der Waals surface area contributed by atoms with Gasteiger partial charge in [0.15, 0.2) is 0 Å². The lowest BCUT2D eigenvalue weighted by Crippen LogP contribution is -2.37. The van der Waals surface area contributed by atoms with Gasteiger partial charge in [-0.05, 0) is 36.5 Å². The molecule has 3 heteroatoms. The van der Waals surface area contributed by atoms with Crippen LogP contribution in [0.1, 0.15) is 38.7 Å². The Morgan fingerprint density at radius 1 is 1.47 bits per heavy atom. The van der Waals surface area contributed by atoms with E-state index in [0.29, 0.717) is 18.0 Å². The number of benzene rings is 1. The summed E-state index contributed by atoms with van der Waals surface area (Å²) in [7, 11) is 0. The fourth-order valence-corrected chi connectivity index (χ4v) is 3.03. The molecule has 0 aromatic heterocycles. The first-order valence-electron chi connectivity index (χ1n) is 6.16. The molecule has 1 aromatic rings. The number of nitrogens with one attached hydrogen (secondary N) is 1. The third-order valence-electron chi connectivity index (χ3n) is 3.80. The van der Waals surface area contributed by atoms with Crippen LogP contribution in [0.25, 0.3) is 0 Å². The van der Waals surface area contributed by atoms with Gasteiger partial charge in [-0.15, -0.1) is 0 Å². The molecule has 1 fully saturated rings. The quantitative estimate of drug-likeness (QED) is 0.879. The zero-order chi connectivity index (χ0) is 12.5. The van der Waals surface area contributed by atoms with Crippen molar-refractivity contribution in [3.8, 4) is 0 Å². The second-order valence-corrected chi connectivity index (χ2v) is 6.47. The predicted octanol–water partition coefficient (Wildman–Crippen LogP) is 4.26. The Bertz CT molecular complexity index is 403. The lowest BCUT2D eigenvalue weighted by molar-refractivity contribution is 0.281. The maximum Gasteiger partial charge on any atom is 0.127 e. The summed E-state index contributed by atoms with van der Waals surface area (Å²) >= 11 is 3.38. The Labute approximate surface area is 111 Å². The molecule has 0 aliphatic heterocycles. The van der Waals surface area contributed by atoms with Crippen LogP contribution in [0, 0.1) is 11.2 Å². The smallest absolute Gasteiger partial charge is 0.127 e. The molecule has 1 N–H and O–H groups in total. The Morgan fingerprint density at radius 2 is 2.24 bits per heavy atom. The van der Waals surface area contributed by atoms with Gasteiger partial charge in [0.2, 0.25) is 0 Å². The highest BCUT2D eigenvalue weighted by molar-refractivity contribution is 9.10. The van der Waals surface area contributed by atoms with E-state index in [1.807, 2.05) is 6.07 Å². The normalized spacial score (nSPS) is 22.9. The van der Waals surface area contributed by atoms with Gasteiger partial charge < -0.3 is 5.32 Å². The second kappa shape index (κ2) is 5.07. The summed E-state index contributed by atoms with van der Waals surface area (Å²) in [6, 6.07) is 5.60. The van der Waals surface area contributed by atoms with E-state index in [2.05, 4.69) is 35.1 Å². The molecule has 94 valence electrons. The third-order valence-corrected chi connectivity index (χ3v) is 4.30. The maximum atomic E-state index is 13.6. The molecule has 0 spiro atoms. The summed E-state index contributed by atoms with van der Waals surface area (Å²) in [5.74, 6) is -0.128. The van der Waals surface area contributed by atoms with E-state index in [0.717, 1.165) is 10.0 Å².